The van der Waals surface area contributed by atoms with E-state index in [1.165, 1.54) is 44.5 Å². The molecule has 0 nitrogen and oxygen atoms in total. The molecule has 0 aliphatic heterocycles. The molecule has 28 heavy (non-hydrogen) atoms. The Morgan fingerprint density at radius 3 is 2.00 bits per heavy atom. The van der Waals surface area contributed by atoms with Crippen molar-refractivity contribution in [3.8, 4) is 22.3 Å². The van der Waals surface area contributed by atoms with Crippen molar-refractivity contribution in [1.82, 2.24) is 0 Å². The van der Waals surface area contributed by atoms with Crippen molar-refractivity contribution in [2.75, 3.05) is 0 Å². The van der Waals surface area contributed by atoms with Crippen LogP contribution in [0.25, 0.3) is 27.8 Å². The summed E-state index contributed by atoms with van der Waals surface area (Å²) in [6.45, 7) is 6.65. The molecule has 0 bridgehead atoms. The molecule has 3 aromatic rings. The maximum Gasteiger partial charge on any atom is 0 e. The number of hydrogen-bond acceptors (Lipinski definition) is 0. The largest absolute Gasteiger partial charge is 0.227 e. The van der Waals surface area contributed by atoms with Crippen LogP contribution in [0.3, 0.4) is 0 Å². The summed E-state index contributed by atoms with van der Waals surface area (Å²) in [7, 11) is 0. The van der Waals surface area contributed by atoms with E-state index in [0.717, 1.165) is 0 Å². The second-order valence-electron chi connectivity index (χ2n) is 7.46. The number of benzene rings is 3. The fourth-order valence-electron chi connectivity index (χ4n) is 3.84. The van der Waals surface area contributed by atoms with Gasteiger partial charge in [0, 0.05) is 32.7 Å². The van der Waals surface area contributed by atoms with Gasteiger partial charge >= 0.3 is 0 Å². The molecule has 1 aliphatic rings. The molecule has 0 amide bonds. The van der Waals surface area contributed by atoms with Crippen LogP contribution in [0.4, 0.5) is 0 Å². The van der Waals surface area contributed by atoms with Crippen molar-refractivity contribution in [3.63, 3.8) is 0 Å². The molecule has 1 aliphatic carbocycles. The Hall–Kier alpha value is -1.89. The van der Waals surface area contributed by atoms with Gasteiger partial charge in [0.2, 0.25) is 0 Å². The van der Waals surface area contributed by atoms with Crippen LogP contribution >= 0.6 is 0 Å². The Kier molecular flexibility index (Phi) is 6.75. The van der Waals surface area contributed by atoms with E-state index in [0.29, 0.717) is 5.92 Å². The molecule has 1 unspecified atom stereocenters. The topological polar surface area (TPSA) is 0 Å². The number of allylic oxidation sites excluding steroid dienone is 4. The first kappa shape index (κ1) is 20.8. The van der Waals surface area contributed by atoms with Crippen LogP contribution in [0, 0.1) is 26.2 Å². The fraction of sp³-hybridized carbons (Fsp3) is 0.148. The Morgan fingerprint density at radius 2 is 1.32 bits per heavy atom. The summed E-state index contributed by atoms with van der Waals surface area (Å²) in [5.74, 6) is 0.489. The van der Waals surface area contributed by atoms with Gasteiger partial charge in [0.15, 0.2) is 0 Å². The molecule has 0 saturated carbocycles. The van der Waals surface area contributed by atoms with Gasteiger partial charge in [-0.2, -0.15) is 0 Å². The summed E-state index contributed by atoms with van der Waals surface area (Å²) in [5, 5.41) is 0. The monoisotopic (exact) mass is 438 g/mol. The Morgan fingerprint density at radius 1 is 0.714 bits per heavy atom. The summed E-state index contributed by atoms with van der Waals surface area (Å²) in [5.41, 5.74) is 10.4. The van der Waals surface area contributed by atoms with E-state index in [1.54, 1.807) is 0 Å². The Bertz CT molecular complexity index is 1030. The van der Waals surface area contributed by atoms with E-state index in [1.807, 2.05) is 0 Å². The van der Waals surface area contributed by atoms with Gasteiger partial charge < -0.3 is 0 Å². The molecule has 3 aromatic carbocycles. The number of rotatable bonds is 3. The maximum atomic E-state index is 2.33. The molecular formula is C27H25Y-. The summed E-state index contributed by atoms with van der Waals surface area (Å²) < 4.78 is 0. The SMILES string of the molecule is Cc1cc(-c2cccc(C3=CC(C)[CH-]C=C3)c2)c(C)cc1-c1ccccc1.[Y]. The standard InChI is InChI=1S/C27H25.Y/c1-19-9-7-12-23(15-19)24-13-8-14-25(18-24)27-17-20(2)26(16-21(27)3)22-10-5-4-6-11-22;/h4-19H,1-3H3;/q-1;. The van der Waals surface area contributed by atoms with Crippen molar-refractivity contribution in [2.24, 2.45) is 5.92 Å². The van der Waals surface area contributed by atoms with Crippen LogP contribution in [0.2, 0.25) is 0 Å². The normalized spacial score (nSPS) is 15.4. The summed E-state index contributed by atoms with van der Waals surface area (Å²) in [6, 6.07) is 24.2. The number of aryl methyl sites for hydroxylation is 2. The first-order valence-corrected chi connectivity index (χ1v) is 9.62. The predicted molar refractivity (Wildman–Crippen MR) is 117 cm³/mol. The van der Waals surface area contributed by atoms with Crippen LogP contribution in [0.5, 0.6) is 0 Å². The molecule has 1 heteroatoms. The van der Waals surface area contributed by atoms with E-state index < -0.39 is 0 Å². The fourth-order valence-corrected chi connectivity index (χ4v) is 3.84. The third-order valence-electron chi connectivity index (χ3n) is 5.30. The van der Waals surface area contributed by atoms with E-state index >= 15 is 0 Å². The molecule has 0 aromatic heterocycles. The molecule has 0 fully saturated rings. The van der Waals surface area contributed by atoms with Crippen LogP contribution < -0.4 is 0 Å². The van der Waals surface area contributed by atoms with Crippen molar-refractivity contribution in [1.29, 1.82) is 0 Å². The second-order valence-corrected chi connectivity index (χ2v) is 7.46. The zero-order chi connectivity index (χ0) is 18.8. The Labute approximate surface area is 194 Å². The first-order valence-electron chi connectivity index (χ1n) is 9.62. The summed E-state index contributed by atoms with van der Waals surface area (Å²) in [6.07, 6.45) is 8.92. The molecule has 0 spiro atoms. The predicted octanol–water partition coefficient (Wildman–Crippen LogP) is 7.43. The molecule has 1 radical (unpaired) electrons. The molecule has 0 N–H and O–H groups in total. The van der Waals surface area contributed by atoms with E-state index in [2.05, 4.69) is 112 Å². The van der Waals surface area contributed by atoms with Gasteiger partial charge in [0.1, 0.15) is 0 Å². The number of hydrogen-bond donors (Lipinski definition) is 0. The zero-order valence-corrected chi connectivity index (χ0v) is 19.7. The third-order valence-corrected chi connectivity index (χ3v) is 5.30. The van der Waals surface area contributed by atoms with Crippen LogP contribution in [0.1, 0.15) is 23.6 Å². The van der Waals surface area contributed by atoms with Crippen LogP contribution in [0.15, 0.2) is 85.0 Å². The van der Waals surface area contributed by atoms with Crippen molar-refractivity contribution in [3.05, 3.63) is 108 Å². The smallest absolute Gasteiger partial charge is 0 e. The first-order chi connectivity index (χ1) is 13.1. The van der Waals surface area contributed by atoms with E-state index in [9.17, 15) is 0 Å². The average molecular weight is 438 g/mol. The molecule has 0 heterocycles. The third kappa shape index (κ3) is 4.40. The second kappa shape index (κ2) is 9.08. The van der Waals surface area contributed by atoms with Crippen molar-refractivity contribution < 1.29 is 32.7 Å². The minimum absolute atomic E-state index is 0. The van der Waals surface area contributed by atoms with E-state index in [-0.39, 0.29) is 32.7 Å². The van der Waals surface area contributed by atoms with Gasteiger partial charge in [0.05, 0.1) is 0 Å². The quantitative estimate of drug-likeness (QED) is 0.373. The summed E-state index contributed by atoms with van der Waals surface area (Å²) in [4.78, 5) is 0. The van der Waals surface area contributed by atoms with Gasteiger partial charge in [-0.05, 0) is 58.9 Å². The van der Waals surface area contributed by atoms with E-state index in [4.69, 9.17) is 0 Å². The molecule has 0 saturated heterocycles. The average Bonchev–Trinajstić information content (AvgIpc) is 2.70. The van der Waals surface area contributed by atoms with Gasteiger partial charge in [-0.25, -0.2) is 18.6 Å². The maximum absolute atomic E-state index is 2.33. The van der Waals surface area contributed by atoms with Gasteiger partial charge in [-0.15, -0.1) is 11.6 Å². The minimum atomic E-state index is 0. The van der Waals surface area contributed by atoms with Gasteiger partial charge in [0.25, 0.3) is 0 Å². The van der Waals surface area contributed by atoms with Crippen molar-refractivity contribution in [2.45, 2.75) is 20.8 Å². The summed E-state index contributed by atoms with van der Waals surface area (Å²) >= 11 is 0. The van der Waals surface area contributed by atoms with Crippen LogP contribution in [-0.4, -0.2) is 0 Å². The zero-order valence-electron chi connectivity index (χ0n) is 16.8. The van der Waals surface area contributed by atoms with Gasteiger partial charge in [-0.1, -0.05) is 73.5 Å². The molecule has 4 rings (SSSR count). The van der Waals surface area contributed by atoms with Crippen LogP contribution in [-0.2, 0) is 32.7 Å². The molecule has 137 valence electrons. The van der Waals surface area contributed by atoms with Crippen molar-refractivity contribution >= 4 is 5.57 Å². The Balaban J connectivity index is 0.00000225. The molecular weight excluding hydrogens is 413 g/mol. The minimum Gasteiger partial charge on any atom is -0.227 e. The molecule has 1 atom stereocenters. The van der Waals surface area contributed by atoms with Gasteiger partial charge in [-0.3, -0.25) is 0 Å².